The molecule has 3 aliphatic rings. The van der Waals surface area contributed by atoms with Crippen LogP contribution in [0, 0.1) is 0 Å². The molecule has 0 aliphatic carbocycles. The highest BCUT2D eigenvalue weighted by atomic mass is 19.4. The predicted molar refractivity (Wildman–Crippen MR) is 172 cm³/mol. The third-order valence-corrected chi connectivity index (χ3v) is 8.77. The predicted octanol–water partition coefficient (Wildman–Crippen LogP) is 5.56. The molecular weight excluding hydrogens is 615 g/mol. The van der Waals surface area contributed by atoms with Gasteiger partial charge in [0, 0.05) is 50.8 Å². The number of hydrogen-bond acceptors (Lipinski definition) is 10. The van der Waals surface area contributed by atoms with Crippen LogP contribution in [-0.4, -0.2) is 79.9 Å². The number of hydrogen-bond donors (Lipinski definition) is 2. The van der Waals surface area contributed by atoms with Crippen molar-refractivity contribution in [2.24, 2.45) is 0 Å². The number of carbonyl (C=O) groups is 1. The van der Waals surface area contributed by atoms with Crippen LogP contribution in [0.25, 0.3) is 0 Å². The van der Waals surface area contributed by atoms with Gasteiger partial charge in [-0.25, -0.2) is 15.0 Å². The summed E-state index contributed by atoms with van der Waals surface area (Å²) in [6.07, 6.45) is 0.577. The number of hydroxylamine groups is 1. The van der Waals surface area contributed by atoms with Crippen LogP contribution < -0.4 is 25.3 Å². The fourth-order valence-electron chi connectivity index (χ4n) is 6.39. The zero-order valence-corrected chi connectivity index (χ0v) is 26.1. The Morgan fingerprint density at radius 1 is 1.02 bits per heavy atom. The monoisotopic (exact) mass is 653 g/mol. The topological polar surface area (TPSA) is 104 Å². The summed E-state index contributed by atoms with van der Waals surface area (Å²) in [7, 11) is 1.57. The first-order chi connectivity index (χ1) is 22.7. The van der Waals surface area contributed by atoms with Crippen LogP contribution in [0.4, 0.5) is 41.9 Å². The summed E-state index contributed by atoms with van der Waals surface area (Å²) in [6.45, 7) is 8.96. The van der Waals surface area contributed by atoms with E-state index in [0.717, 1.165) is 70.1 Å². The number of anilines is 5. The molecule has 250 valence electrons. The molecule has 3 aromatic rings. The van der Waals surface area contributed by atoms with Crippen molar-refractivity contribution in [2.75, 3.05) is 73.7 Å². The van der Waals surface area contributed by atoms with Crippen molar-refractivity contribution in [2.45, 2.75) is 37.5 Å². The molecule has 47 heavy (non-hydrogen) atoms. The average Bonchev–Trinajstić information content (AvgIpc) is 3.59. The van der Waals surface area contributed by atoms with Gasteiger partial charge in [-0.3, -0.25) is 14.5 Å². The molecule has 14 heteroatoms. The Morgan fingerprint density at radius 2 is 1.81 bits per heavy atom. The van der Waals surface area contributed by atoms with Crippen LogP contribution in [-0.2, 0) is 20.5 Å². The van der Waals surface area contributed by atoms with E-state index in [2.05, 4.69) is 37.0 Å². The van der Waals surface area contributed by atoms with Crippen LogP contribution in [0.2, 0.25) is 0 Å². The molecule has 3 saturated heterocycles. The molecule has 4 heterocycles. The number of rotatable bonds is 9. The van der Waals surface area contributed by atoms with Crippen molar-refractivity contribution in [1.29, 1.82) is 0 Å². The Bertz CT molecular complexity index is 1580. The number of alkyl halides is 3. The SMILES string of the molecule is C=CC(=O)Nc1cc(Nc2cc(N3OCC[C@@H]3c3cccc(C(F)(F)F)c3)ncn2)c(OC)cc1N1CCC(N2CCOCC2)CC1. The number of carbonyl (C=O) groups excluding carboxylic acids is 1. The highest BCUT2D eigenvalue weighted by Crippen LogP contribution is 2.41. The molecule has 2 aromatic carbocycles. The minimum Gasteiger partial charge on any atom is -0.494 e. The number of nitrogens with zero attached hydrogens (tertiary/aromatic N) is 5. The summed E-state index contributed by atoms with van der Waals surface area (Å²) in [4.78, 5) is 31.8. The lowest BCUT2D eigenvalue weighted by molar-refractivity contribution is -0.137. The minimum atomic E-state index is -4.45. The number of halogens is 3. The molecule has 1 amide bonds. The Morgan fingerprint density at radius 3 is 2.53 bits per heavy atom. The number of methoxy groups -OCH3 is 1. The zero-order chi connectivity index (χ0) is 33.0. The molecule has 1 atom stereocenters. The maximum atomic E-state index is 13.4. The normalized spacial score (nSPS) is 19.4. The fourth-order valence-corrected chi connectivity index (χ4v) is 6.39. The minimum absolute atomic E-state index is 0.318. The van der Waals surface area contributed by atoms with Gasteiger partial charge in [0.15, 0.2) is 5.82 Å². The van der Waals surface area contributed by atoms with Crippen LogP contribution >= 0.6 is 0 Å². The number of aromatic nitrogens is 2. The lowest BCUT2D eigenvalue weighted by Crippen LogP contribution is -2.49. The second kappa shape index (κ2) is 14.2. The molecular formula is C33H38F3N7O4. The molecule has 6 rings (SSSR count). The first-order valence-electron chi connectivity index (χ1n) is 15.6. The maximum absolute atomic E-state index is 13.4. The van der Waals surface area contributed by atoms with Gasteiger partial charge in [-0.05, 0) is 42.7 Å². The summed E-state index contributed by atoms with van der Waals surface area (Å²) in [6, 6.07) is 10.6. The highest BCUT2D eigenvalue weighted by Gasteiger charge is 2.34. The van der Waals surface area contributed by atoms with Gasteiger partial charge in [-0.2, -0.15) is 13.2 Å². The molecule has 0 saturated carbocycles. The van der Waals surface area contributed by atoms with Gasteiger partial charge in [0.1, 0.15) is 17.9 Å². The summed E-state index contributed by atoms with van der Waals surface area (Å²) in [5.74, 6) is 0.959. The van der Waals surface area contributed by atoms with E-state index < -0.39 is 17.8 Å². The molecule has 0 unspecified atom stereocenters. The summed E-state index contributed by atoms with van der Waals surface area (Å²) >= 11 is 0. The van der Waals surface area contributed by atoms with Gasteiger partial charge in [0.05, 0.1) is 55.6 Å². The second-order valence-corrected chi connectivity index (χ2v) is 11.6. The Hall–Kier alpha value is -4.40. The molecule has 1 aromatic heterocycles. The number of benzene rings is 2. The molecule has 0 bridgehead atoms. The van der Waals surface area contributed by atoms with Crippen LogP contribution in [0.15, 0.2) is 61.4 Å². The maximum Gasteiger partial charge on any atom is 0.416 e. The molecule has 0 spiro atoms. The van der Waals surface area contributed by atoms with Gasteiger partial charge < -0.3 is 25.0 Å². The summed E-state index contributed by atoms with van der Waals surface area (Å²) in [5, 5.41) is 7.72. The van der Waals surface area contributed by atoms with Gasteiger partial charge in [0.25, 0.3) is 0 Å². The molecule has 3 fully saturated rings. The second-order valence-electron chi connectivity index (χ2n) is 11.6. The number of morpholine rings is 1. The van der Waals surface area contributed by atoms with Gasteiger partial charge >= 0.3 is 6.18 Å². The van der Waals surface area contributed by atoms with Gasteiger partial charge in [-0.15, -0.1) is 0 Å². The third kappa shape index (κ3) is 7.45. The van der Waals surface area contributed by atoms with Crippen molar-refractivity contribution in [3.05, 3.63) is 72.6 Å². The molecule has 11 nitrogen and oxygen atoms in total. The quantitative estimate of drug-likeness (QED) is 0.286. The van der Waals surface area contributed by atoms with Crippen molar-refractivity contribution in [3.63, 3.8) is 0 Å². The van der Waals surface area contributed by atoms with E-state index in [1.54, 1.807) is 25.3 Å². The van der Waals surface area contributed by atoms with Gasteiger partial charge in [-0.1, -0.05) is 18.7 Å². The van der Waals surface area contributed by atoms with Crippen molar-refractivity contribution in [1.82, 2.24) is 14.9 Å². The number of amides is 1. The average molecular weight is 654 g/mol. The Labute approximate surface area is 271 Å². The highest BCUT2D eigenvalue weighted by molar-refractivity contribution is 6.02. The standard InChI is InChI=1S/C33H38F3N7O4/c1-3-32(44)40-25-18-26(29(45-2)19-28(25)42-10-7-24(8-11-42)41-12-15-46-16-13-41)39-30-20-31(38-21-37-30)43-27(9-14-47-43)22-5-4-6-23(17-22)33(34,35)36/h3-6,17-21,24,27H,1,7-16H2,2H3,(H,40,44)(H,37,38,39)/t27-/m1/s1. The van der Waals surface area contributed by atoms with Gasteiger partial charge in [0.2, 0.25) is 5.91 Å². The zero-order valence-electron chi connectivity index (χ0n) is 26.1. The van der Waals surface area contributed by atoms with E-state index in [1.165, 1.54) is 23.5 Å². The summed E-state index contributed by atoms with van der Waals surface area (Å²) < 4.78 is 51.5. The third-order valence-electron chi connectivity index (χ3n) is 8.77. The largest absolute Gasteiger partial charge is 0.494 e. The van der Waals surface area contributed by atoms with Crippen LogP contribution in [0.5, 0.6) is 5.75 Å². The fraction of sp³-hybridized carbons (Fsp3) is 0.424. The Balaban J connectivity index is 1.23. The lowest BCUT2D eigenvalue weighted by atomic mass is 10.0. The molecule has 0 radical (unpaired) electrons. The van der Waals surface area contributed by atoms with E-state index >= 15 is 0 Å². The Kier molecular flexibility index (Phi) is 9.80. The molecule has 3 aliphatic heterocycles. The van der Waals surface area contributed by atoms with E-state index in [1.807, 2.05) is 6.07 Å². The first kappa shape index (κ1) is 32.5. The smallest absolute Gasteiger partial charge is 0.416 e. The molecule has 2 N–H and O–H groups in total. The van der Waals surface area contributed by atoms with Crippen molar-refractivity contribution in [3.8, 4) is 5.75 Å². The van der Waals surface area contributed by atoms with E-state index in [-0.39, 0.29) is 5.91 Å². The number of ether oxygens (including phenoxy) is 2. The lowest BCUT2D eigenvalue weighted by Gasteiger charge is -2.41. The van der Waals surface area contributed by atoms with E-state index in [9.17, 15) is 18.0 Å². The summed E-state index contributed by atoms with van der Waals surface area (Å²) in [5.41, 5.74) is 1.72. The van der Waals surface area contributed by atoms with E-state index in [0.29, 0.717) is 53.4 Å². The van der Waals surface area contributed by atoms with E-state index in [4.69, 9.17) is 14.3 Å². The number of nitrogens with one attached hydrogen (secondary N) is 2. The van der Waals surface area contributed by atoms with Crippen LogP contribution in [0.3, 0.4) is 0 Å². The van der Waals surface area contributed by atoms with Crippen molar-refractivity contribution < 1.29 is 32.3 Å². The van der Waals surface area contributed by atoms with Crippen LogP contribution in [0.1, 0.15) is 36.4 Å². The number of piperidine rings is 1. The first-order valence-corrected chi connectivity index (χ1v) is 15.6. The van der Waals surface area contributed by atoms with Crippen molar-refractivity contribution >= 4 is 34.6 Å².